The number of benzene rings is 3. The lowest BCUT2D eigenvalue weighted by atomic mass is 10.1. The molecule has 5 aromatic rings. The molecule has 8 rings (SSSR count). The molecule has 1 saturated heterocycles. The van der Waals surface area contributed by atoms with E-state index >= 15 is 0 Å². The van der Waals surface area contributed by atoms with Crippen LogP contribution in [0.2, 0.25) is 0 Å². The third-order valence-electron chi connectivity index (χ3n) is 8.60. The van der Waals surface area contributed by atoms with Crippen molar-refractivity contribution >= 4 is 17.7 Å². The Kier molecular flexibility index (Phi) is 8.67. The molecule has 12 nitrogen and oxygen atoms in total. The minimum Gasteiger partial charge on any atom is -0.496 e. The van der Waals surface area contributed by atoms with E-state index in [2.05, 4.69) is 20.7 Å². The second-order valence-corrected chi connectivity index (χ2v) is 11.9. The first-order valence-corrected chi connectivity index (χ1v) is 15.8. The molecular formula is C37H34N6O6. The fourth-order valence-corrected chi connectivity index (χ4v) is 6.06. The Bertz CT molecular complexity index is 2030. The number of carbonyl (C=O) groups excluding carboxylic acids is 3. The average Bonchev–Trinajstić information content (AvgIpc) is 3.72. The molecule has 0 unspecified atom stereocenters. The lowest BCUT2D eigenvalue weighted by Gasteiger charge is -2.22. The highest BCUT2D eigenvalue weighted by Crippen LogP contribution is 2.29. The van der Waals surface area contributed by atoms with Crippen molar-refractivity contribution < 1.29 is 28.6 Å². The summed E-state index contributed by atoms with van der Waals surface area (Å²) < 4.78 is 19.5. The number of hydrogen-bond acceptors (Lipinski definition) is 8. The maximum atomic E-state index is 13.9. The molecule has 0 radical (unpaired) electrons. The van der Waals surface area contributed by atoms with Gasteiger partial charge in [-0.25, -0.2) is 0 Å². The van der Waals surface area contributed by atoms with Crippen molar-refractivity contribution in [1.82, 2.24) is 30.3 Å². The number of rotatable bonds is 3. The summed E-state index contributed by atoms with van der Waals surface area (Å²) in [6.45, 7) is 0.425. The zero-order valence-electron chi connectivity index (χ0n) is 27.0. The number of aromatic nitrogens is 3. The number of nitrogens with one attached hydrogen (secondary N) is 2. The Morgan fingerprint density at radius 2 is 1.69 bits per heavy atom. The van der Waals surface area contributed by atoms with Crippen LogP contribution in [0, 0.1) is 0 Å². The molecule has 12 heteroatoms. The summed E-state index contributed by atoms with van der Waals surface area (Å²) in [5.74, 6) is 0.552. The van der Waals surface area contributed by atoms with Crippen molar-refractivity contribution in [2.24, 2.45) is 7.05 Å². The van der Waals surface area contributed by atoms with E-state index in [1.807, 2.05) is 42.5 Å². The number of aryl methyl sites for hydroxylation is 1. The van der Waals surface area contributed by atoms with Crippen LogP contribution in [-0.2, 0) is 18.4 Å². The molecule has 6 bridgehead atoms. The molecule has 49 heavy (non-hydrogen) atoms. The maximum Gasteiger partial charge on any atom is 0.274 e. The average molecular weight is 659 g/mol. The second-order valence-electron chi connectivity index (χ2n) is 11.9. The largest absolute Gasteiger partial charge is 0.496 e. The minimum atomic E-state index is -0.601. The summed E-state index contributed by atoms with van der Waals surface area (Å²) in [4.78, 5) is 46.2. The maximum absolute atomic E-state index is 13.9. The molecule has 1 fully saturated rings. The van der Waals surface area contributed by atoms with E-state index < -0.39 is 12.1 Å². The highest BCUT2D eigenvalue weighted by Gasteiger charge is 2.39. The monoisotopic (exact) mass is 658 g/mol. The highest BCUT2D eigenvalue weighted by molar-refractivity contribution is 5.96. The minimum absolute atomic E-state index is 0.183. The van der Waals surface area contributed by atoms with Gasteiger partial charge < -0.3 is 29.7 Å². The van der Waals surface area contributed by atoms with Crippen molar-refractivity contribution in [3.63, 3.8) is 0 Å². The zero-order chi connectivity index (χ0) is 33.9. The van der Waals surface area contributed by atoms with Gasteiger partial charge in [0.25, 0.3) is 17.7 Å². The van der Waals surface area contributed by atoms with E-state index in [1.165, 1.54) is 13.3 Å². The molecule has 3 aliphatic heterocycles. The Balaban J connectivity index is 1.21. The van der Waals surface area contributed by atoms with Crippen LogP contribution in [0.3, 0.4) is 0 Å². The summed E-state index contributed by atoms with van der Waals surface area (Å²) >= 11 is 0. The van der Waals surface area contributed by atoms with Crippen LogP contribution in [0.5, 0.6) is 17.2 Å². The number of carbonyl (C=O) groups is 3. The molecule has 2 atom stereocenters. The quantitative estimate of drug-likeness (QED) is 0.298. The molecule has 2 N–H and O–H groups in total. The van der Waals surface area contributed by atoms with Crippen LogP contribution in [0.1, 0.15) is 26.4 Å². The molecule has 2 aromatic heterocycles. The first kappa shape index (κ1) is 31.4. The molecule has 0 aliphatic carbocycles. The van der Waals surface area contributed by atoms with Gasteiger partial charge in [0.1, 0.15) is 23.4 Å². The van der Waals surface area contributed by atoms with Gasteiger partial charge in [0, 0.05) is 49.7 Å². The highest BCUT2D eigenvalue weighted by atomic mass is 16.5. The Labute approximate surface area is 282 Å². The number of pyridine rings is 1. The first-order chi connectivity index (χ1) is 23.8. The standard InChI is InChI=1S/C37H34N6O6/c1-42-32(23-7-4-3-5-8-23)16-30(41-42)37(46)43-20-31-34(21-43)49-29-12-11-25(33(15-29)47-2)19-39-35(44)22-48-28-10-6-9-24(14-28)26-13-27(18-38-17-26)36(45)40-31/h3-18,31,34H,19-22H2,1-2H3,(H,39,44)(H,40,45)/t31-,34-/m0/s1. The van der Waals surface area contributed by atoms with Gasteiger partial charge >= 0.3 is 0 Å². The van der Waals surface area contributed by atoms with Crippen LogP contribution in [0.4, 0.5) is 0 Å². The summed E-state index contributed by atoms with van der Waals surface area (Å²) in [6.07, 6.45) is 2.55. The van der Waals surface area contributed by atoms with E-state index in [1.54, 1.807) is 65.3 Å². The van der Waals surface area contributed by atoms with Gasteiger partial charge in [0.2, 0.25) is 0 Å². The van der Waals surface area contributed by atoms with Crippen LogP contribution in [-0.4, -0.2) is 76.3 Å². The van der Waals surface area contributed by atoms with Crippen molar-refractivity contribution in [1.29, 1.82) is 0 Å². The molecule has 3 aromatic carbocycles. The SMILES string of the molecule is COc1cc2ccc1CNC(=O)COc1cccc(c1)-c1cncc(c1)C(=O)N[C@H]1CN(C(=O)c3cc(-c4ccccc4)n(C)n3)C[C@@H]1O2. The molecule has 3 aliphatic rings. The molecule has 0 spiro atoms. The third-order valence-corrected chi connectivity index (χ3v) is 8.60. The summed E-state index contributed by atoms with van der Waals surface area (Å²) in [5.41, 5.74) is 4.59. The van der Waals surface area contributed by atoms with Gasteiger partial charge in [-0.05, 0) is 47.5 Å². The normalized spacial score (nSPS) is 17.6. The number of ether oxygens (including phenoxy) is 3. The van der Waals surface area contributed by atoms with Crippen LogP contribution < -0.4 is 24.8 Å². The van der Waals surface area contributed by atoms with Crippen molar-refractivity contribution in [3.8, 4) is 39.6 Å². The van der Waals surface area contributed by atoms with Crippen LogP contribution in [0.15, 0.2) is 97.3 Å². The molecular weight excluding hydrogens is 624 g/mol. The summed E-state index contributed by atoms with van der Waals surface area (Å²) in [6, 6.07) is 25.2. The van der Waals surface area contributed by atoms with E-state index in [0.717, 1.165) is 22.4 Å². The molecule has 0 saturated carbocycles. The smallest absolute Gasteiger partial charge is 0.274 e. The number of amides is 3. The summed E-state index contributed by atoms with van der Waals surface area (Å²) in [7, 11) is 3.34. The first-order valence-electron chi connectivity index (χ1n) is 15.8. The van der Waals surface area contributed by atoms with Gasteiger partial charge in [-0.2, -0.15) is 5.10 Å². The van der Waals surface area contributed by atoms with Gasteiger partial charge in [-0.15, -0.1) is 0 Å². The van der Waals surface area contributed by atoms with Gasteiger partial charge in [-0.3, -0.25) is 24.0 Å². The van der Waals surface area contributed by atoms with Gasteiger partial charge in [0.15, 0.2) is 12.3 Å². The van der Waals surface area contributed by atoms with Crippen LogP contribution >= 0.6 is 0 Å². The number of nitrogens with zero attached hydrogens (tertiary/aromatic N) is 4. The lowest BCUT2D eigenvalue weighted by molar-refractivity contribution is -0.123. The van der Waals surface area contributed by atoms with Gasteiger partial charge in [0.05, 0.1) is 31.0 Å². The number of likely N-dealkylation sites (tertiary alicyclic amines) is 1. The number of fused-ring (bicyclic) bond motifs is 7. The lowest BCUT2D eigenvalue weighted by Crippen LogP contribution is -2.45. The molecule has 248 valence electrons. The predicted octanol–water partition coefficient (Wildman–Crippen LogP) is 3.87. The molecule has 5 heterocycles. The van der Waals surface area contributed by atoms with Crippen molar-refractivity contribution in [2.75, 3.05) is 26.8 Å². The van der Waals surface area contributed by atoms with Crippen LogP contribution in [0.25, 0.3) is 22.4 Å². The third kappa shape index (κ3) is 6.79. The van der Waals surface area contributed by atoms with E-state index in [-0.39, 0.29) is 44.0 Å². The van der Waals surface area contributed by atoms with Crippen molar-refractivity contribution in [3.05, 3.63) is 114 Å². The number of methoxy groups -OCH3 is 1. The van der Waals surface area contributed by atoms with E-state index in [0.29, 0.717) is 34.1 Å². The predicted molar refractivity (Wildman–Crippen MR) is 180 cm³/mol. The Morgan fingerprint density at radius 3 is 2.53 bits per heavy atom. The fraction of sp³-hybridized carbons (Fsp3) is 0.216. The topological polar surface area (TPSA) is 137 Å². The van der Waals surface area contributed by atoms with Gasteiger partial charge in [-0.1, -0.05) is 42.5 Å². The van der Waals surface area contributed by atoms with Crippen molar-refractivity contribution in [2.45, 2.75) is 18.7 Å². The fourth-order valence-electron chi connectivity index (χ4n) is 6.06. The van der Waals surface area contributed by atoms with E-state index in [9.17, 15) is 14.4 Å². The Morgan fingerprint density at radius 1 is 0.878 bits per heavy atom. The number of hydrogen-bond donors (Lipinski definition) is 2. The van der Waals surface area contributed by atoms with E-state index in [4.69, 9.17) is 14.2 Å². The molecule has 3 amide bonds. The zero-order valence-corrected chi connectivity index (χ0v) is 27.0. The second kappa shape index (κ2) is 13.5. The Hall–Kier alpha value is -6.17. The summed E-state index contributed by atoms with van der Waals surface area (Å²) in [5, 5.41) is 10.5.